The van der Waals surface area contributed by atoms with E-state index in [9.17, 15) is 4.79 Å². The minimum atomic E-state index is -0.00159. The lowest BCUT2D eigenvalue weighted by Crippen LogP contribution is -2.37. The molecule has 0 saturated carbocycles. The van der Waals surface area contributed by atoms with Crippen molar-refractivity contribution in [2.24, 2.45) is 0 Å². The Kier molecular flexibility index (Phi) is 5.21. The topological polar surface area (TPSA) is 48.6 Å². The van der Waals surface area contributed by atoms with Crippen molar-refractivity contribution in [1.29, 1.82) is 0 Å². The lowest BCUT2D eigenvalue weighted by molar-refractivity contribution is 0.215. The molecule has 1 aromatic carbocycles. The van der Waals surface area contributed by atoms with Crippen LogP contribution in [0.2, 0.25) is 0 Å². The molecule has 5 nitrogen and oxygen atoms in total. The Morgan fingerprint density at radius 1 is 1.38 bits per heavy atom. The maximum atomic E-state index is 12.4. The summed E-state index contributed by atoms with van der Waals surface area (Å²) in [5.74, 6) is 0.837. The fourth-order valence-corrected chi connectivity index (χ4v) is 3.53. The van der Waals surface area contributed by atoms with Gasteiger partial charge in [0.1, 0.15) is 5.75 Å². The number of pyridine rings is 1. The minimum absolute atomic E-state index is 0.00159. The smallest absolute Gasteiger partial charge is 0.252 e. The van der Waals surface area contributed by atoms with Crippen LogP contribution in [-0.2, 0) is 6.54 Å². The first-order valence-corrected chi connectivity index (χ1v) is 8.74. The predicted octanol–water partition coefficient (Wildman–Crippen LogP) is 2.45. The van der Waals surface area contributed by atoms with Gasteiger partial charge in [0.05, 0.1) is 6.61 Å². The zero-order valence-corrected chi connectivity index (χ0v) is 14.8. The van der Waals surface area contributed by atoms with Crippen molar-refractivity contribution in [3.05, 3.63) is 40.2 Å². The number of nitrogens with zero attached hydrogens (tertiary/aromatic N) is 2. The number of likely N-dealkylation sites (tertiary alicyclic amines) is 1. The molecule has 1 atom stereocenters. The van der Waals surface area contributed by atoms with Crippen LogP contribution in [0.5, 0.6) is 5.75 Å². The van der Waals surface area contributed by atoms with Gasteiger partial charge in [-0.1, -0.05) is 0 Å². The number of hydrogen-bond donors (Lipinski definition) is 1. The van der Waals surface area contributed by atoms with E-state index in [2.05, 4.69) is 28.9 Å². The molecule has 1 aromatic heterocycles. The van der Waals surface area contributed by atoms with E-state index in [1.807, 2.05) is 31.2 Å². The molecule has 0 bridgehead atoms. The summed E-state index contributed by atoms with van der Waals surface area (Å²) in [5, 5.41) is 1.02. The molecule has 5 heteroatoms. The maximum Gasteiger partial charge on any atom is 0.252 e. The summed E-state index contributed by atoms with van der Waals surface area (Å²) in [7, 11) is 4.27. The number of benzene rings is 1. The van der Waals surface area contributed by atoms with E-state index in [0.717, 1.165) is 28.8 Å². The van der Waals surface area contributed by atoms with E-state index in [4.69, 9.17) is 4.74 Å². The van der Waals surface area contributed by atoms with E-state index in [-0.39, 0.29) is 5.56 Å². The van der Waals surface area contributed by atoms with Gasteiger partial charge in [-0.25, -0.2) is 0 Å². The van der Waals surface area contributed by atoms with Crippen LogP contribution in [0.3, 0.4) is 0 Å². The number of fused-ring (bicyclic) bond motifs is 1. The van der Waals surface area contributed by atoms with Crippen molar-refractivity contribution in [1.82, 2.24) is 14.8 Å². The van der Waals surface area contributed by atoms with Gasteiger partial charge >= 0.3 is 0 Å². The van der Waals surface area contributed by atoms with Crippen molar-refractivity contribution < 1.29 is 4.74 Å². The van der Waals surface area contributed by atoms with Crippen LogP contribution in [0.4, 0.5) is 0 Å². The first kappa shape index (κ1) is 17.0. The number of ether oxygens (including phenoxy) is 1. The summed E-state index contributed by atoms with van der Waals surface area (Å²) in [6.45, 7) is 5.44. The first-order valence-electron chi connectivity index (χ1n) is 8.74. The quantitative estimate of drug-likeness (QED) is 0.884. The van der Waals surface area contributed by atoms with Gasteiger partial charge in [0.25, 0.3) is 5.56 Å². The van der Waals surface area contributed by atoms with Crippen LogP contribution in [0.25, 0.3) is 10.9 Å². The molecule has 1 fully saturated rings. The highest BCUT2D eigenvalue weighted by Gasteiger charge is 2.22. The molecule has 3 rings (SSSR count). The largest absolute Gasteiger partial charge is 0.494 e. The number of aromatic amines is 1. The highest BCUT2D eigenvalue weighted by Crippen LogP contribution is 2.20. The zero-order chi connectivity index (χ0) is 17.1. The Morgan fingerprint density at radius 3 is 2.92 bits per heavy atom. The lowest BCUT2D eigenvalue weighted by Gasteiger charge is -2.25. The van der Waals surface area contributed by atoms with Crippen LogP contribution in [0, 0.1) is 0 Å². The van der Waals surface area contributed by atoms with Crippen molar-refractivity contribution in [2.45, 2.75) is 32.4 Å². The molecule has 24 heavy (non-hydrogen) atoms. The van der Waals surface area contributed by atoms with E-state index in [1.54, 1.807) is 0 Å². The van der Waals surface area contributed by atoms with Crippen molar-refractivity contribution in [3.8, 4) is 5.75 Å². The van der Waals surface area contributed by atoms with E-state index >= 15 is 0 Å². The molecule has 2 heterocycles. The molecule has 0 radical (unpaired) electrons. The third-order valence-electron chi connectivity index (χ3n) is 4.84. The van der Waals surface area contributed by atoms with E-state index in [1.165, 1.54) is 19.4 Å². The lowest BCUT2D eigenvalue weighted by atomic mass is 10.1. The molecule has 1 aliphatic heterocycles. The first-order chi connectivity index (χ1) is 11.6. The van der Waals surface area contributed by atoms with Gasteiger partial charge in [-0.15, -0.1) is 0 Å². The number of nitrogens with one attached hydrogen (secondary N) is 1. The Morgan fingerprint density at radius 2 is 2.21 bits per heavy atom. The van der Waals surface area contributed by atoms with Crippen molar-refractivity contribution in [3.63, 3.8) is 0 Å². The average molecular weight is 329 g/mol. The third-order valence-corrected chi connectivity index (χ3v) is 4.84. The van der Waals surface area contributed by atoms with Crippen LogP contribution in [0.1, 0.15) is 25.3 Å². The summed E-state index contributed by atoms with van der Waals surface area (Å²) in [6.07, 6.45) is 2.51. The second-order valence-electron chi connectivity index (χ2n) is 6.78. The summed E-state index contributed by atoms with van der Waals surface area (Å²) in [4.78, 5) is 20.0. The summed E-state index contributed by atoms with van der Waals surface area (Å²) in [5.41, 5.74) is 1.66. The molecule has 0 aliphatic carbocycles. The Bertz CT molecular complexity index is 756. The second kappa shape index (κ2) is 7.36. The van der Waals surface area contributed by atoms with Crippen molar-refractivity contribution >= 4 is 10.9 Å². The molecule has 1 N–H and O–H groups in total. The van der Waals surface area contributed by atoms with Gasteiger partial charge in [0, 0.05) is 35.6 Å². The summed E-state index contributed by atoms with van der Waals surface area (Å²) in [6, 6.07) is 8.37. The van der Waals surface area contributed by atoms with Gasteiger partial charge in [-0.2, -0.15) is 0 Å². The van der Waals surface area contributed by atoms with Crippen LogP contribution >= 0.6 is 0 Å². The predicted molar refractivity (Wildman–Crippen MR) is 97.7 cm³/mol. The number of rotatable bonds is 6. The third kappa shape index (κ3) is 3.79. The Balaban J connectivity index is 1.77. The molecule has 0 unspecified atom stereocenters. The zero-order valence-electron chi connectivity index (χ0n) is 14.8. The molecule has 2 aromatic rings. The standard InChI is InChI=1S/C19H27N3O2/c1-4-24-17-7-8-18-14(11-17)10-15(19(23)20-18)12-21(2)13-16-6-5-9-22(16)3/h7-8,10-11,16H,4-6,9,12-13H2,1-3H3,(H,20,23)/t16-/m0/s1. The second-order valence-corrected chi connectivity index (χ2v) is 6.78. The summed E-state index contributed by atoms with van der Waals surface area (Å²) >= 11 is 0. The Labute approximate surface area is 143 Å². The normalized spacial score (nSPS) is 18.6. The number of H-pyrrole nitrogens is 1. The molecular weight excluding hydrogens is 302 g/mol. The molecule has 0 spiro atoms. The van der Waals surface area contributed by atoms with Crippen LogP contribution in [-0.4, -0.2) is 54.6 Å². The molecular formula is C19H27N3O2. The van der Waals surface area contributed by atoms with Gasteiger partial charge in [0.15, 0.2) is 0 Å². The van der Waals surface area contributed by atoms with E-state index < -0.39 is 0 Å². The fourth-order valence-electron chi connectivity index (χ4n) is 3.53. The highest BCUT2D eigenvalue weighted by atomic mass is 16.5. The number of likely N-dealkylation sites (N-methyl/N-ethyl adjacent to an activating group) is 2. The van der Waals surface area contributed by atoms with Gasteiger partial charge in [-0.05, 0) is 64.7 Å². The van der Waals surface area contributed by atoms with Crippen LogP contribution in [0.15, 0.2) is 29.1 Å². The Hall–Kier alpha value is -1.85. The maximum absolute atomic E-state index is 12.4. The molecule has 1 aliphatic rings. The average Bonchev–Trinajstić information content (AvgIpc) is 2.94. The molecule has 0 amide bonds. The summed E-state index contributed by atoms with van der Waals surface area (Å²) < 4.78 is 5.56. The van der Waals surface area contributed by atoms with Gasteiger partial charge in [0.2, 0.25) is 0 Å². The number of hydrogen-bond acceptors (Lipinski definition) is 4. The monoisotopic (exact) mass is 329 g/mol. The van der Waals surface area contributed by atoms with E-state index in [0.29, 0.717) is 19.2 Å². The van der Waals surface area contributed by atoms with Gasteiger partial charge < -0.3 is 19.5 Å². The SMILES string of the molecule is CCOc1ccc2[nH]c(=O)c(CN(C)C[C@@H]3CCCN3C)cc2c1. The molecule has 1 saturated heterocycles. The van der Waals surface area contributed by atoms with Gasteiger partial charge in [-0.3, -0.25) is 4.79 Å². The fraction of sp³-hybridized carbons (Fsp3) is 0.526. The van der Waals surface area contributed by atoms with Crippen LogP contribution < -0.4 is 10.3 Å². The number of aromatic nitrogens is 1. The molecule has 130 valence electrons. The highest BCUT2D eigenvalue weighted by molar-refractivity contribution is 5.80. The minimum Gasteiger partial charge on any atom is -0.494 e. The van der Waals surface area contributed by atoms with Crippen molar-refractivity contribution in [2.75, 3.05) is 33.8 Å².